The Hall–Kier alpha value is -2.73. The quantitative estimate of drug-likeness (QED) is 0.535. The number of rotatable bonds is 5. The molecule has 0 aliphatic heterocycles. The van der Waals surface area contributed by atoms with E-state index in [-0.39, 0.29) is 11.7 Å². The number of nitrogens with one attached hydrogen (secondary N) is 1. The van der Waals surface area contributed by atoms with Crippen LogP contribution in [0.5, 0.6) is 0 Å². The molecule has 0 unspecified atom stereocenters. The monoisotopic (exact) mass is 325 g/mol. The van der Waals surface area contributed by atoms with E-state index in [1.165, 1.54) is 29.0 Å². The molecule has 6 heteroatoms. The third kappa shape index (κ3) is 3.54. The summed E-state index contributed by atoms with van der Waals surface area (Å²) in [6.07, 6.45) is 0. The van der Waals surface area contributed by atoms with Crippen LogP contribution in [0.15, 0.2) is 60.0 Å². The zero-order valence-corrected chi connectivity index (χ0v) is 13.3. The summed E-state index contributed by atoms with van der Waals surface area (Å²) in [5, 5.41) is 16.8. The third-order valence-corrected chi connectivity index (χ3v) is 4.29. The SMILES string of the molecule is C[C@@H](Nc1nc(-c2ccc([N+](=O)[O-])cc2)cs1)c1ccccc1. The molecule has 0 saturated heterocycles. The van der Waals surface area contributed by atoms with Crippen molar-refractivity contribution < 1.29 is 4.92 Å². The largest absolute Gasteiger partial charge is 0.355 e. The number of aromatic nitrogens is 1. The number of nitro groups is 1. The molecule has 5 nitrogen and oxygen atoms in total. The molecule has 23 heavy (non-hydrogen) atoms. The zero-order chi connectivity index (χ0) is 16.2. The summed E-state index contributed by atoms with van der Waals surface area (Å²) in [6, 6.07) is 16.7. The van der Waals surface area contributed by atoms with Crippen LogP contribution in [-0.2, 0) is 0 Å². The lowest BCUT2D eigenvalue weighted by Gasteiger charge is -2.12. The van der Waals surface area contributed by atoms with Crippen LogP contribution in [0, 0.1) is 10.1 Å². The van der Waals surface area contributed by atoms with E-state index in [9.17, 15) is 10.1 Å². The molecule has 0 aliphatic carbocycles. The topological polar surface area (TPSA) is 68.1 Å². The van der Waals surface area contributed by atoms with Crippen molar-refractivity contribution in [1.82, 2.24) is 4.98 Å². The van der Waals surface area contributed by atoms with E-state index in [1.807, 2.05) is 23.6 Å². The second-order valence-electron chi connectivity index (χ2n) is 5.12. The molecule has 0 saturated carbocycles. The van der Waals surface area contributed by atoms with Crippen molar-refractivity contribution in [3.05, 3.63) is 75.7 Å². The van der Waals surface area contributed by atoms with Gasteiger partial charge in [0.1, 0.15) is 0 Å². The average molecular weight is 325 g/mol. The summed E-state index contributed by atoms with van der Waals surface area (Å²) in [4.78, 5) is 14.8. The van der Waals surface area contributed by atoms with Crippen LogP contribution in [0.4, 0.5) is 10.8 Å². The first-order valence-electron chi connectivity index (χ1n) is 7.15. The molecule has 1 atom stereocenters. The number of benzene rings is 2. The zero-order valence-electron chi connectivity index (χ0n) is 12.5. The van der Waals surface area contributed by atoms with Gasteiger partial charge in [0.2, 0.25) is 0 Å². The summed E-state index contributed by atoms with van der Waals surface area (Å²) in [5.41, 5.74) is 2.96. The van der Waals surface area contributed by atoms with E-state index in [0.717, 1.165) is 16.4 Å². The highest BCUT2D eigenvalue weighted by Gasteiger charge is 2.10. The van der Waals surface area contributed by atoms with Gasteiger partial charge in [0.25, 0.3) is 5.69 Å². The maximum Gasteiger partial charge on any atom is 0.269 e. The molecule has 2 aromatic carbocycles. The van der Waals surface area contributed by atoms with Crippen LogP contribution in [0.1, 0.15) is 18.5 Å². The maximum absolute atomic E-state index is 10.7. The minimum Gasteiger partial charge on any atom is -0.355 e. The minimum atomic E-state index is -0.403. The van der Waals surface area contributed by atoms with E-state index >= 15 is 0 Å². The fraction of sp³-hybridized carbons (Fsp3) is 0.118. The normalized spacial score (nSPS) is 11.9. The van der Waals surface area contributed by atoms with E-state index < -0.39 is 4.92 Å². The van der Waals surface area contributed by atoms with Gasteiger partial charge in [-0.05, 0) is 24.6 Å². The van der Waals surface area contributed by atoms with Crippen LogP contribution in [-0.4, -0.2) is 9.91 Å². The van der Waals surface area contributed by atoms with Crippen molar-refractivity contribution in [3.8, 4) is 11.3 Å². The fourth-order valence-corrected chi connectivity index (χ4v) is 3.04. The van der Waals surface area contributed by atoms with Crippen LogP contribution in [0.2, 0.25) is 0 Å². The Kier molecular flexibility index (Phi) is 4.34. The van der Waals surface area contributed by atoms with Gasteiger partial charge in [-0.2, -0.15) is 0 Å². The average Bonchev–Trinajstić information content (AvgIpc) is 3.04. The molecule has 116 valence electrons. The van der Waals surface area contributed by atoms with Crippen molar-refractivity contribution >= 4 is 22.2 Å². The number of hydrogen-bond donors (Lipinski definition) is 1. The molecule has 0 fully saturated rings. The maximum atomic E-state index is 10.7. The third-order valence-electron chi connectivity index (χ3n) is 3.52. The smallest absolute Gasteiger partial charge is 0.269 e. The number of nitro benzene ring substituents is 1. The Balaban J connectivity index is 1.74. The highest BCUT2D eigenvalue weighted by molar-refractivity contribution is 7.14. The van der Waals surface area contributed by atoms with E-state index in [1.54, 1.807) is 12.1 Å². The second-order valence-corrected chi connectivity index (χ2v) is 5.98. The highest BCUT2D eigenvalue weighted by Crippen LogP contribution is 2.28. The van der Waals surface area contributed by atoms with Gasteiger partial charge < -0.3 is 5.32 Å². The lowest BCUT2D eigenvalue weighted by Crippen LogP contribution is -2.05. The van der Waals surface area contributed by atoms with Crippen molar-refractivity contribution in [2.45, 2.75) is 13.0 Å². The predicted molar refractivity (Wildman–Crippen MR) is 92.7 cm³/mol. The fourth-order valence-electron chi connectivity index (χ4n) is 2.24. The van der Waals surface area contributed by atoms with Gasteiger partial charge in [0.05, 0.1) is 16.7 Å². The van der Waals surface area contributed by atoms with Crippen LogP contribution < -0.4 is 5.32 Å². The molecule has 1 heterocycles. The molecule has 1 aromatic heterocycles. The van der Waals surface area contributed by atoms with Crippen molar-refractivity contribution in [2.75, 3.05) is 5.32 Å². The van der Waals surface area contributed by atoms with E-state index in [4.69, 9.17) is 0 Å². The Morgan fingerprint density at radius 2 is 1.83 bits per heavy atom. The summed E-state index contributed by atoms with van der Waals surface area (Å²) in [6.45, 7) is 2.09. The van der Waals surface area contributed by atoms with Crippen LogP contribution in [0.3, 0.4) is 0 Å². The molecule has 0 amide bonds. The molecule has 0 spiro atoms. The Morgan fingerprint density at radius 3 is 2.48 bits per heavy atom. The van der Waals surface area contributed by atoms with Crippen molar-refractivity contribution in [1.29, 1.82) is 0 Å². The number of thiazole rings is 1. The predicted octanol–water partition coefficient (Wildman–Crippen LogP) is 4.89. The minimum absolute atomic E-state index is 0.0834. The Morgan fingerprint density at radius 1 is 1.13 bits per heavy atom. The summed E-state index contributed by atoms with van der Waals surface area (Å²) < 4.78 is 0. The van der Waals surface area contributed by atoms with Crippen molar-refractivity contribution in [2.24, 2.45) is 0 Å². The number of anilines is 1. The first-order chi connectivity index (χ1) is 11.1. The first-order valence-corrected chi connectivity index (χ1v) is 8.03. The number of non-ortho nitro benzene ring substituents is 1. The van der Waals surface area contributed by atoms with Crippen LogP contribution >= 0.6 is 11.3 Å². The van der Waals surface area contributed by atoms with Gasteiger partial charge in [0.15, 0.2) is 5.13 Å². The van der Waals surface area contributed by atoms with E-state index in [0.29, 0.717) is 0 Å². The lowest BCUT2D eigenvalue weighted by atomic mass is 10.1. The molecule has 3 rings (SSSR count). The highest BCUT2D eigenvalue weighted by atomic mass is 32.1. The molecule has 0 aliphatic rings. The van der Waals surface area contributed by atoms with Gasteiger partial charge >= 0.3 is 0 Å². The lowest BCUT2D eigenvalue weighted by molar-refractivity contribution is -0.384. The Bertz CT molecular complexity index is 800. The molecular weight excluding hydrogens is 310 g/mol. The molecule has 3 aromatic rings. The van der Waals surface area contributed by atoms with Gasteiger partial charge in [0, 0.05) is 23.1 Å². The molecule has 0 radical (unpaired) electrons. The summed E-state index contributed by atoms with van der Waals surface area (Å²) >= 11 is 1.52. The number of hydrogen-bond acceptors (Lipinski definition) is 5. The molecule has 1 N–H and O–H groups in total. The van der Waals surface area contributed by atoms with Gasteiger partial charge in [-0.15, -0.1) is 11.3 Å². The van der Waals surface area contributed by atoms with Gasteiger partial charge in [-0.25, -0.2) is 4.98 Å². The van der Waals surface area contributed by atoms with Gasteiger partial charge in [-0.1, -0.05) is 30.3 Å². The first kappa shape index (κ1) is 15.2. The van der Waals surface area contributed by atoms with Crippen molar-refractivity contribution in [3.63, 3.8) is 0 Å². The number of nitrogens with zero attached hydrogens (tertiary/aromatic N) is 2. The standard InChI is InChI=1S/C17H15N3O2S/c1-12(13-5-3-2-4-6-13)18-17-19-16(11-23-17)14-7-9-15(10-8-14)20(21)22/h2-12H,1H3,(H,18,19)/t12-/m1/s1. The second kappa shape index (κ2) is 6.58. The van der Waals surface area contributed by atoms with Crippen LogP contribution in [0.25, 0.3) is 11.3 Å². The molecular formula is C17H15N3O2S. The summed E-state index contributed by atoms with van der Waals surface area (Å²) in [5.74, 6) is 0. The van der Waals surface area contributed by atoms with E-state index in [2.05, 4.69) is 29.4 Å². The summed E-state index contributed by atoms with van der Waals surface area (Å²) in [7, 11) is 0. The van der Waals surface area contributed by atoms with Gasteiger partial charge in [-0.3, -0.25) is 10.1 Å². The molecule has 0 bridgehead atoms. The Labute approximate surface area is 137 Å².